The molecule has 0 radical (unpaired) electrons. The highest BCUT2D eigenvalue weighted by atomic mass is 16.6. The third-order valence-electron chi connectivity index (χ3n) is 9.22. The zero-order valence-corrected chi connectivity index (χ0v) is 32.6. The normalized spacial score (nSPS) is 12.1. The molecule has 0 aromatic rings. The summed E-state index contributed by atoms with van der Waals surface area (Å²) in [5, 5.41) is 0. The third-order valence-corrected chi connectivity index (χ3v) is 9.22. The molecular formula is C42H80O6. The minimum atomic E-state index is -0.759. The van der Waals surface area contributed by atoms with Gasteiger partial charge in [-0.2, -0.15) is 0 Å². The lowest BCUT2D eigenvalue weighted by Gasteiger charge is -2.18. The minimum Gasteiger partial charge on any atom is -0.462 e. The lowest BCUT2D eigenvalue weighted by Crippen LogP contribution is -2.30. The van der Waals surface area contributed by atoms with Gasteiger partial charge in [-0.25, -0.2) is 0 Å². The summed E-state index contributed by atoms with van der Waals surface area (Å²) in [6.07, 6.45) is 31.0. The molecule has 0 aliphatic rings. The Morgan fingerprint density at radius 2 is 0.688 bits per heavy atom. The zero-order valence-electron chi connectivity index (χ0n) is 32.6. The second kappa shape index (κ2) is 35.2. The summed E-state index contributed by atoms with van der Waals surface area (Å²) in [6, 6.07) is 0. The average Bonchev–Trinajstić information content (AvgIpc) is 3.04. The van der Waals surface area contributed by atoms with Crippen molar-refractivity contribution in [2.45, 2.75) is 227 Å². The van der Waals surface area contributed by atoms with Crippen LogP contribution in [0.2, 0.25) is 0 Å². The maximum Gasteiger partial charge on any atom is 0.306 e. The van der Waals surface area contributed by atoms with Crippen molar-refractivity contribution in [3.8, 4) is 0 Å². The van der Waals surface area contributed by atoms with Gasteiger partial charge in [-0.1, -0.05) is 182 Å². The lowest BCUT2D eigenvalue weighted by atomic mass is 10.0. The molecule has 6 nitrogen and oxygen atoms in total. The highest BCUT2D eigenvalue weighted by Crippen LogP contribution is 2.15. The van der Waals surface area contributed by atoms with E-state index in [9.17, 15) is 14.4 Å². The molecule has 6 heteroatoms. The summed E-state index contributed by atoms with van der Waals surface area (Å²) < 4.78 is 16.6. The van der Waals surface area contributed by atoms with Gasteiger partial charge in [0, 0.05) is 19.3 Å². The van der Waals surface area contributed by atoms with Crippen LogP contribution < -0.4 is 0 Å². The first-order valence-electron chi connectivity index (χ1n) is 20.7. The third kappa shape index (κ3) is 35.7. The van der Waals surface area contributed by atoms with Crippen LogP contribution in [0.3, 0.4) is 0 Å². The highest BCUT2D eigenvalue weighted by molar-refractivity contribution is 5.71. The Morgan fingerprint density at radius 3 is 1.02 bits per heavy atom. The fourth-order valence-electron chi connectivity index (χ4n) is 6.05. The van der Waals surface area contributed by atoms with Gasteiger partial charge >= 0.3 is 17.9 Å². The van der Waals surface area contributed by atoms with E-state index in [-0.39, 0.29) is 31.1 Å². The van der Waals surface area contributed by atoms with Crippen LogP contribution in [0.15, 0.2) is 0 Å². The molecule has 0 N–H and O–H groups in total. The van der Waals surface area contributed by atoms with Gasteiger partial charge in [-0.05, 0) is 31.1 Å². The molecule has 48 heavy (non-hydrogen) atoms. The van der Waals surface area contributed by atoms with Crippen molar-refractivity contribution in [2.75, 3.05) is 13.2 Å². The van der Waals surface area contributed by atoms with Crippen LogP contribution in [0.25, 0.3) is 0 Å². The standard InChI is InChI=1S/C42H80O6/c1-6-7-8-9-10-11-12-17-22-27-32-40(43)46-35-39(48-42(45)34-29-24-19-14-16-21-26-31-38(4)5)36-47-41(44)33-28-23-18-13-15-20-25-30-37(2)3/h37-39H,6-36H2,1-5H3/t39-/m0/s1. The Kier molecular flexibility index (Phi) is 34.1. The maximum atomic E-state index is 12.6. The molecule has 0 amide bonds. The number of rotatable bonds is 36. The topological polar surface area (TPSA) is 78.9 Å². The van der Waals surface area contributed by atoms with Crippen LogP contribution in [0, 0.1) is 11.8 Å². The van der Waals surface area contributed by atoms with Crippen molar-refractivity contribution < 1.29 is 28.6 Å². The predicted molar refractivity (Wildman–Crippen MR) is 201 cm³/mol. The average molecular weight is 681 g/mol. The molecular weight excluding hydrogens is 600 g/mol. The van der Waals surface area contributed by atoms with Gasteiger partial charge in [0.25, 0.3) is 0 Å². The van der Waals surface area contributed by atoms with Crippen LogP contribution in [-0.2, 0) is 28.6 Å². The summed E-state index contributed by atoms with van der Waals surface area (Å²) in [4.78, 5) is 37.5. The van der Waals surface area contributed by atoms with Crippen molar-refractivity contribution >= 4 is 17.9 Å². The zero-order chi connectivity index (χ0) is 35.5. The van der Waals surface area contributed by atoms with Crippen molar-refractivity contribution in [2.24, 2.45) is 11.8 Å². The van der Waals surface area contributed by atoms with E-state index in [4.69, 9.17) is 14.2 Å². The van der Waals surface area contributed by atoms with E-state index in [0.717, 1.165) is 69.6 Å². The Bertz CT molecular complexity index is 734. The van der Waals surface area contributed by atoms with E-state index in [1.807, 2.05) is 0 Å². The number of esters is 3. The number of unbranched alkanes of at least 4 members (excludes halogenated alkanes) is 21. The maximum absolute atomic E-state index is 12.6. The van der Waals surface area contributed by atoms with Gasteiger partial charge in [0.05, 0.1) is 0 Å². The first-order chi connectivity index (χ1) is 23.2. The molecule has 0 saturated heterocycles. The van der Waals surface area contributed by atoms with Crippen molar-refractivity contribution in [1.82, 2.24) is 0 Å². The van der Waals surface area contributed by atoms with E-state index in [2.05, 4.69) is 34.6 Å². The van der Waals surface area contributed by atoms with Gasteiger partial charge in [-0.15, -0.1) is 0 Å². The van der Waals surface area contributed by atoms with Crippen molar-refractivity contribution in [3.05, 3.63) is 0 Å². The number of hydrogen-bond acceptors (Lipinski definition) is 6. The molecule has 0 rings (SSSR count). The van der Waals surface area contributed by atoms with Gasteiger partial charge < -0.3 is 14.2 Å². The molecule has 0 aromatic heterocycles. The molecule has 284 valence electrons. The fraction of sp³-hybridized carbons (Fsp3) is 0.929. The summed E-state index contributed by atoms with van der Waals surface area (Å²) in [5.74, 6) is 0.690. The molecule has 0 heterocycles. The molecule has 0 aliphatic heterocycles. The van der Waals surface area contributed by atoms with E-state index in [1.165, 1.54) is 109 Å². The Balaban J connectivity index is 4.36. The second-order valence-corrected chi connectivity index (χ2v) is 15.2. The Labute approximate surface area is 298 Å². The molecule has 0 aliphatic carbocycles. The smallest absolute Gasteiger partial charge is 0.306 e. The fourth-order valence-corrected chi connectivity index (χ4v) is 6.05. The molecule has 0 bridgehead atoms. The predicted octanol–water partition coefficient (Wildman–Crippen LogP) is 12.6. The monoisotopic (exact) mass is 681 g/mol. The number of ether oxygens (including phenoxy) is 3. The lowest BCUT2D eigenvalue weighted by molar-refractivity contribution is -0.167. The summed E-state index contributed by atoms with van der Waals surface area (Å²) >= 11 is 0. The largest absolute Gasteiger partial charge is 0.462 e. The number of carbonyl (C=O) groups excluding carboxylic acids is 3. The van der Waals surface area contributed by atoms with Gasteiger partial charge in [-0.3, -0.25) is 14.4 Å². The van der Waals surface area contributed by atoms with E-state index in [0.29, 0.717) is 19.3 Å². The number of hydrogen-bond donors (Lipinski definition) is 0. The molecule has 0 fully saturated rings. The van der Waals surface area contributed by atoms with Crippen molar-refractivity contribution in [3.63, 3.8) is 0 Å². The highest BCUT2D eigenvalue weighted by Gasteiger charge is 2.19. The second-order valence-electron chi connectivity index (χ2n) is 15.2. The molecule has 1 atom stereocenters. The van der Waals surface area contributed by atoms with E-state index < -0.39 is 6.10 Å². The summed E-state index contributed by atoms with van der Waals surface area (Å²) in [6.45, 7) is 11.2. The van der Waals surface area contributed by atoms with Crippen LogP contribution >= 0.6 is 0 Å². The first kappa shape index (κ1) is 46.4. The van der Waals surface area contributed by atoms with Crippen LogP contribution in [0.4, 0.5) is 0 Å². The van der Waals surface area contributed by atoms with Crippen LogP contribution in [0.1, 0.15) is 221 Å². The molecule has 0 aromatic carbocycles. The van der Waals surface area contributed by atoms with E-state index >= 15 is 0 Å². The van der Waals surface area contributed by atoms with Gasteiger partial charge in [0.1, 0.15) is 13.2 Å². The first-order valence-corrected chi connectivity index (χ1v) is 20.7. The Hall–Kier alpha value is -1.59. The van der Waals surface area contributed by atoms with Gasteiger partial charge in [0.2, 0.25) is 0 Å². The molecule has 0 unspecified atom stereocenters. The van der Waals surface area contributed by atoms with Gasteiger partial charge in [0.15, 0.2) is 6.10 Å². The van der Waals surface area contributed by atoms with E-state index in [1.54, 1.807) is 0 Å². The molecule has 0 spiro atoms. The van der Waals surface area contributed by atoms with Crippen LogP contribution in [0.5, 0.6) is 0 Å². The SMILES string of the molecule is CCCCCCCCCCCCC(=O)OC[C@@H](COC(=O)CCCCCCCCCC(C)C)OC(=O)CCCCCCCCCC(C)C. The van der Waals surface area contributed by atoms with Crippen molar-refractivity contribution in [1.29, 1.82) is 0 Å². The Morgan fingerprint density at radius 1 is 0.396 bits per heavy atom. The minimum absolute atomic E-state index is 0.0667. The summed E-state index contributed by atoms with van der Waals surface area (Å²) in [5.41, 5.74) is 0. The quantitative estimate of drug-likeness (QED) is 0.0372. The molecule has 0 saturated carbocycles. The van der Waals surface area contributed by atoms with Crippen LogP contribution in [-0.4, -0.2) is 37.2 Å². The summed E-state index contributed by atoms with van der Waals surface area (Å²) in [7, 11) is 0. The number of carbonyl (C=O) groups is 3.